The van der Waals surface area contributed by atoms with E-state index >= 15 is 0 Å². The third kappa shape index (κ3) is 10.8. The van der Waals surface area contributed by atoms with Gasteiger partial charge in [-0.15, -0.1) is 0 Å². The van der Waals surface area contributed by atoms with Crippen molar-refractivity contribution < 1.29 is 37.4 Å². The monoisotopic (exact) mass is 580 g/mol. The quantitative estimate of drug-likeness (QED) is 0.485. The highest BCUT2D eigenvalue weighted by Gasteiger charge is 2.38. The molecule has 0 spiro atoms. The number of carboxylic acids is 1. The lowest BCUT2D eigenvalue weighted by Gasteiger charge is -2.30. The van der Waals surface area contributed by atoms with Gasteiger partial charge in [-0.25, -0.2) is 4.79 Å². The Morgan fingerprint density at radius 3 is 2.17 bits per heavy atom. The number of hydrogen-bond donors (Lipinski definition) is 2. The number of ether oxygens (including phenoxy) is 1. The first-order chi connectivity index (χ1) is 17.1. The predicted octanol–water partition coefficient (Wildman–Crippen LogP) is 2.07. The lowest BCUT2D eigenvalue weighted by atomic mass is 10.1. The molecule has 0 aliphatic carbocycles. The van der Waals surface area contributed by atoms with Gasteiger partial charge in [0.05, 0.1) is 13.2 Å². The molecular weight excluding hydrogens is 549 g/mol. The molecule has 0 unspecified atom stereocenters. The number of halogens is 4. The maximum Gasteiger partial charge on any atom is 0.490 e. The van der Waals surface area contributed by atoms with Crippen LogP contribution in [0.5, 0.6) is 0 Å². The predicted molar refractivity (Wildman–Crippen MR) is 130 cm³/mol. The summed E-state index contributed by atoms with van der Waals surface area (Å²) in [5.74, 6) is -2.63. The normalized spacial score (nSPS) is 16.6. The number of nitrogens with one attached hydrogen (secondary N) is 1. The average molecular weight is 581 g/mol. The van der Waals surface area contributed by atoms with E-state index in [0.717, 1.165) is 69.9 Å². The SMILES string of the molecule is O=C(CCN(CCCN1CCOCC1)C(=O)c1ccc(Br)cc1)N1CCNCC1.O=C(O)C(F)(F)F. The Kier molecular flexibility index (Phi) is 12.6. The fraction of sp³-hybridized carbons (Fsp3) is 0.609. The van der Waals surface area contributed by atoms with E-state index in [4.69, 9.17) is 14.6 Å². The van der Waals surface area contributed by atoms with Crippen LogP contribution in [-0.2, 0) is 14.3 Å². The molecule has 0 atom stereocenters. The Balaban J connectivity index is 0.000000572. The van der Waals surface area contributed by atoms with Gasteiger partial charge >= 0.3 is 12.1 Å². The van der Waals surface area contributed by atoms with Crippen LogP contribution in [0.25, 0.3) is 0 Å². The van der Waals surface area contributed by atoms with Gasteiger partial charge in [-0.1, -0.05) is 15.9 Å². The molecule has 3 rings (SSSR count). The zero-order valence-corrected chi connectivity index (χ0v) is 21.5. The van der Waals surface area contributed by atoms with Gasteiger partial charge in [0, 0.05) is 75.4 Å². The number of carbonyl (C=O) groups excluding carboxylic acids is 2. The number of carbonyl (C=O) groups is 3. The summed E-state index contributed by atoms with van der Waals surface area (Å²) in [6.45, 7) is 8.68. The number of nitrogens with zero attached hydrogens (tertiary/aromatic N) is 3. The van der Waals surface area contributed by atoms with Crippen LogP contribution in [0.2, 0.25) is 0 Å². The second-order valence-corrected chi connectivity index (χ2v) is 9.21. The zero-order chi connectivity index (χ0) is 26.6. The smallest absolute Gasteiger partial charge is 0.475 e. The molecule has 0 radical (unpaired) electrons. The van der Waals surface area contributed by atoms with Gasteiger partial charge in [-0.3, -0.25) is 14.5 Å². The van der Waals surface area contributed by atoms with Crippen LogP contribution in [0.4, 0.5) is 13.2 Å². The van der Waals surface area contributed by atoms with E-state index < -0.39 is 12.1 Å². The lowest BCUT2D eigenvalue weighted by Crippen LogP contribution is -2.47. The topological polar surface area (TPSA) is 102 Å². The summed E-state index contributed by atoms with van der Waals surface area (Å²) in [6.07, 6.45) is -3.82. The van der Waals surface area contributed by atoms with Crippen molar-refractivity contribution in [2.24, 2.45) is 0 Å². The van der Waals surface area contributed by atoms with Crippen LogP contribution in [0.15, 0.2) is 28.7 Å². The van der Waals surface area contributed by atoms with Crippen molar-refractivity contribution in [3.63, 3.8) is 0 Å². The number of aliphatic carboxylic acids is 1. The number of hydrogen-bond acceptors (Lipinski definition) is 6. The fourth-order valence-corrected chi connectivity index (χ4v) is 3.97. The summed E-state index contributed by atoms with van der Waals surface area (Å²) >= 11 is 3.42. The largest absolute Gasteiger partial charge is 0.490 e. The highest BCUT2D eigenvalue weighted by Crippen LogP contribution is 2.14. The molecule has 2 heterocycles. The van der Waals surface area contributed by atoms with Crippen LogP contribution < -0.4 is 5.32 Å². The van der Waals surface area contributed by atoms with E-state index in [1.165, 1.54) is 0 Å². The Morgan fingerprint density at radius 2 is 1.61 bits per heavy atom. The second-order valence-electron chi connectivity index (χ2n) is 8.29. The van der Waals surface area contributed by atoms with Crippen LogP contribution >= 0.6 is 15.9 Å². The summed E-state index contributed by atoms with van der Waals surface area (Å²) < 4.78 is 38.1. The van der Waals surface area contributed by atoms with Crippen molar-refractivity contribution in [1.82, 2.24) is 20.0 Å². The van der Waals surface area contributed by atoms with E-state index in [-0.39, 0.29) is 11.8 Å². The lowest BCUT2D eigenvalue weighted by molar-refractivity contribution is -0.192. The molecule has 2 aliphatic heterocycles. The third-order valence-corrected chi connectivity index (χ3v) is 6.22. The molecule has 2 amide bonds. The summed E-state index contributed by atoms with van der Waals surface area (Å²) in [5, 5.41) is 10.4. The molecule has 2 N–H and O–H groups in total. The van der Waals surface area contributed by atoms with Gasteiger partial charge in [0.2, 0.25) is 5.91 Å². The molecule has 2 fully saturated rings. The number of morpholine rings is 1. The maximum absolute atomic E-state index is 13.1. The Hall–Kier alpha value is -2.22. The maximum atomic E-state index is 13.1. The van der Waals surface area contributed by atoms with Gasteiger partial charge < -0.3 is 25.0 Å². The van der Waals surface area contributed by atoms with Gasteiger partial charge in [0.25, 0.3) is 5.91 Å². The van der Waals surface area contributed by atoms with Crippen molar-refractivity contribution in [2.75, 3.05) is 72.1 Å². The number of benzene rings is 1. The minimum Gasteiger partial charge on any atom is -0.475 e. The summed E-state index contributed by atoms with van der Waals surface area (Å²) in [6, 6.07) is 7.43. The first kappa shape index (κ1) is 30.0. The Bertz CT molecular complexity index is 845. The fourth-order valence-electron chi connectivity index (χ4n) is 3.70. The molecule has 36 heavy (non-hydrogen) atoms. The molecular formula is C23H32BrF3N4O5. The second kappa shape index (κ2) is 15.1. The van der Waals surface area contributed by atoms with Crippen LogP contribution in [-0.4, -0.2) is 116 Å². The van der Waals surface area contributed by atoms with E-state index in [9.17, 15) is 22.8 Å². The molecule has 202 valence electrons. The average Bonchev–Trinajstić information content (AvgIpc) is 2.87. The standard InChI is InChI=1S/C21H31BrN4O3.C2HF3O2/c22-19-4-2-18(3-5-19)21(28)26(10-1-9-24-14-16-29-17-15-24)11-6-20(27)25-12-7-23-8-13-25;3-2(4,5)1(6)7/h2-5,23H,1,6-17H2;(H,6,7). The number of amides is 2. The van der Waals surface area contributed by atoms with Crippen LogP contribution in [0.3, 0.4) is 0 Å². The van der Waals surface area contributed by atoms with Crippen molar-refractivity contribution in [1.29, 1.82) is 0 Å². The van der Waals surface area contributed by atoms with Crippen molar-refractivity contribution in [3.8, 4) is 0 Å². The molecule has 1 aromatic rings. The van der Waals surface area contributed by atoms with E-state index in [0.29, 0.717) is 25.1 Å². The zero-order valence-electron chi connectivity index (χ0n) is 19.9. The molecule has 2 saturated heterocycles. The van der Waals surface area contributed by atoms with Crippen molar-refractivity contribution in [3.05, 3.63) is 34.3 Å². The number of carboxylic acid groups (broad SMARTS) is 1. The number of piperazine rings is 1. The van der Waals surface area contributed by atoms with E-state index in [1.807, 2.05) is 34.1 Å². The molecule has 9 nitrogen and oxygen atoms in total. The minimum atomic E-state index is -5.08. The van der Waals surface area contributed by atoms with E-state index in [1.54, 1.807) is 0 Å². The van der Waals surface area contributed by atoms with Gasteiger partial charge in [0.15, 0.2) is 0 Å². The third-order valence-electron chi connectivity index (χ3n) is 5.69. The van der Waals surface area contributed by atoms with Gasteiger partial charge in [-0.2, -0.15) is 13.2 Å². The first-order valence-corrected chi connectivity index (χ1v) is 12.5. The molecule has 2 aliphatic rings. The summed E-state index contributed by atoms with van der Waals surface area (Å²) in [4.78, 5) is 40.6. The Morgan fingerprint density at radius 1 is 1.03 bits per heavy atom. The van der Waals surface area contributed by atoms with Gasteiger partial charge in [0.1, 0.15) is 0 Å². The van der Waals surface area contributed by atoms with E-state index in [2.05, 4.69) is 26.1 Å². The molecule has 1 aromatic carbocycles. The number of alkyl halides is 3. The minimum absolute atomic E-state index is 0.00686. The molecule has 0 saturated carbocycles. The molecule has 0 aromatic heterocycles. The highest BCUT2D eigenvalue weighted by atomic mass is 79.9. The van der Waals surface area contributed by atoms with Crippen molar-refractivity contribution in [2.45, 2.75) is 19.0 Å². The molecule has 0 bridgehead atoms. The van der Waals surface area contributed by atoms with Crippen LogP contribution in [0.1, 0.15) is 23.2 Å². The Labute approximate surface area is 216 Å². The highest BCUT2D eigenvalue weighted by molar-refractivity contribution is 9.10. The van der Waals surface area contributed by atoms with Crippen LogP contribution in [0, 0.1) is 0 Å². The first-order valence-electron chi connectivity index (χ1n) is 11.7. The van der Waals surface area contributed by atoms with Crippen molar-refractivity contribution >= 4 is 33.7 Å². The van der Waals surface area contributed by atoms with Gasteiger partial charge in [-0.05, 0) is 30.7 Å². The molecule has 13 heteroatoms. The number of rotatable bonds is 8. The summed E-state index contributed by atoms with van der Waals surface area (Å²) in [7, 11) is 0. The summed E-state index contributed by atoms with van der Waals surface area (Å²) in [5.41, 5.74) is 0.661.